The number of rotatable bonds is 4. The lowest BCUT2D eigenvalue weighted by atomic mass is 9.99. The van der Waals surface area contributed by atoms with Crippen LogP contribution in [0.2, 0.25) is 0 Å². The van der Waals surface area contributed by atoms with Crippen molar-refractivity contribution in [2.75, 3.05) is 0 Å². The highest BCUT2D eigenvalue weighted by molar-refractivity contribution is 6.10. The second-order valence-corrected chi connectivity index (χ2v) is 8.24. The zero-order valence-corrected chi connectivity index (χ0v) is 17.8. The van der Waals surface area contributed by atoms with Crippen LogP contribution in [0.5, 0.6) is 0 Å². The first-order valence-electron chi connectivity index (χ1n) is 11.1. The summed E-state index contributed by atoms with van der Waals surface area (Å²) >= 11 is 0. The Kier molecular flexibility index (Phi) is 4.58. The van der Waals surface area contributed by atoms with E-state index in [2.05, 4.69) is 132 Å². The molecule has 1 nitrogen and oxygen atoms in total. The zero-order chi connectivity index (χ0) is 21.3. The van der Waals surface area contributed by atoms with Crippen molar-refractivity contribution in [2.24, 2.45) is 0 Å². The van der Waals surface area contributed by atoms with Gasteiger partial charge in [0.2, 0.25) is 0 Å². The smallest absolute Gasteiger partial charge is 0.0576 e. The van der Waals surface area contributed by atoms with Crippen LogP contribution in [-0.2, 0) is 6.42 Å². The van der Waals surface area contributed by atoms with E-state index in [0.717, 1.165) is 6.42 Å². The molecule has 0 saturated carbocycles. The van der Waals surface area contributed by atoms with Gasteiger partial charge in [-0.05, 0) is 46.9 Å². The molecule has 0 atom stereocenters. The van der Waals surface area contributed by atoms with E-state index in [1.165, 1.54) is 49.7 Å². The van der Waals surface area contributed by atoms with E-state index < -0.39 is 0 Å². The quantitative estimate of drug-likeness (QED) is 0.278. The highest BCUT2D eigenvalue weighted by Gasteiger charge is 2.15. The SMILES string of the molecule is c1ccc(-c2ccc(Cc3cccc4c5ccccc5n(-c5ccccc5)c34)cc2)cc1. The molecule has 0 spiro atoms. The summed E-state index contributed by atoms with van der Waals surface area (Å²) in [7, 11) is 0. The fraction of sp³-hybridized carbons (Fsp3) is 0.0323. The molecule has 0 aliphatic carbocycles. The number of hydrogen-bond acceptors (Lipinski definition) is 0. The molecule has 1 heterocycles. The lowest BCUT2D eigenvalue weighted by Crippen LogP contribution is -1.98. The van der Waals surface area contributed by atoms with Crippen LogP contribution >= 0.6 is 0 Å². The Morgan fingerprint density at radius 2 is 1.09 bits per heavy atom. The lowest BCUT2D eigenvalue weighted by molar-refractivity contribution is 1.13. The molecule has 0 fully saturated rings. The van der Waals surface area contributed by atoms with Crippen molar-refractivity contribution in [3.63, 3.8) is 0 Å². The van der Waals surface area contributed by atoms with E-state index in [0.29, 0.717) is 0 Å². The Morgan fingerprint density at radius 3 is 1.88 bits per heavy atom. The van der Waals surface area contributed by atoms with Gasteiger partial charge in [0.25, 0.3) is 0 Å². The van der Waals surface area contributed by atoms with E-state index in [1.807, 2.05) is 0 Å². The van der Waals surface area contributed by atoms with Crippen LogP contribution in [0.25, 0.3) is 38.6 Å². The average Bonchev–Trinajstić information content (AvgIpc) is 3.21. The van der Waals surface area contributed by atoms with E-state index >= 15 is 0 Å². The largest absolute Gasteiger partial charge is 0.309 e. The van der Waals surface area contributed by atoms with Crippen LogP contribution in [0.15, 0.2) is 127 Å². The first kappa shape index (κ1) is 18.7. The highest BCUT2D eigenvalue weighted by Crippen LogP contribution is 2.34. The van der Waals surface area contributed by atoms with E-state index in [4.69, 9.17) is 0 Å². The zero-order valence-electron chi connectivity index (χ0n) is 17.8. The Morgan fingerprint density at radius 1 is 0.469 bits per heavy atom. The van der Waals surface area contributed by atoms with Gasteiger partial charge < -0.3 is 4.57 Å². The van der Waals surface area contributed by atoms with E-state index in [-0.39, 0.29) is 0 Å². The monoisotopic (exact) mass is 409 g/mol. The van der Waals surface area contributed by atoms with E-state index in [1.54, 1.807) is 0 Å². The summed E-state index contributed by atoms with van der Waals surface area (Å²) in [5.41, 5.74) is 8.92. The minimum Gasteiger partial charge on any atom is -0.309 e. The Bertz CT molecular complexity index is 1510. The molecule has 0 bridgehead atoms. The highest BCUT2D eigenvalue weighted by atomic mass is 15.0. The maximum absolute atomic E-state index is 2.42. The number of nitrogens with zero attached hydrogens (tertiary/aromatic N) is 1. The van der Waals surface area contributed by atoms with Gasteiger partial charge in [0, 0.05) is 16.5 Å². The van der Waals surface area contributed by atoms with Crippen LogP contribution < -0.4 is 0 Å². The summed E-state index contributed by atoms with van der Waals surface area (Å²) in [5.74, 6) is 0. The molecule has 32 heavy (non-hydrogen) atoms. The van der Waals surface area contributed by atoms with Gasteiger partial charge in [0.15, 0.2) is 0 Å². The third-order valence-corrected chi connectivity index (χ3v) is 6.25. The summed E-state index contributed by atoms with van der Waals surface area (Å²) in [6, 6.07) is 45.7. The normalized spacial score (nSPS) is 11.2. The Balaban J connectivity index is 1.49. The van der Waals surface area contributed by atoms with Gasteiger partial charge in [-0.1, -0.05) is 109 Å². The van der Waals surface area contributed by atoms with Crippen molar-refractivity contribution in [1.82, 2.24) is 4.57 Å². The predicted molar refractivity (Wildman–Crippen MR) is 135 cm³/mol. The molecular weight excluding hydrogens is 386 g/mol. The van der Waals surface area contributed by atoms with Crippen LogP contribution in [0.3, 0.4) is 0 Å². The molecule has 1 heteroatoms. The van der Waals surface area contributed by atoms with Gasteiger partial charge in [-0.25, -0.2) is 0 Å². The summed E-state index contributed by atoms with van der Waals surface area (Å²) < 4.78 is 2.42. The third kappa shape index (κ3) is 3.19. The van der Waals surface area contributed by atoms with Crippen molar-refractivity contribution in [3.8, 4) is 16.8 Å². The maximum atomic E-state index is 2.42. The lowest BCUT2D eigenvalue weighted by Gasteiger charge is -2.12. The molecule has 0 N–H and O–H groups in total. The van der Waals surface area contributed by atoms with Crippen molar-refractivity contribution < 1.29 is 0 Å². The second kappa shape index (κ2) is 7.86. The van der Waals surface area contributed by atoms with Crippen LogP contribution in [0.1, 0.15) is 11.1 Å². The molecule has 0 unspecified atom stereocenters. The van der Waals surface area contributed by atoms with Crippen molar-refractivity contribution in [1.29, 1.82) is 0 Å². The topological polar surface area (TPSA) is 4.93 Å². The number of aromatic nitrogens is 1. The molecule has 5 aromatic carbocycles. The number of benzene rings is 5. The van der Waals surface area contributed by atoms with Gasteiger partial charge in [-0.3, -0.25) is 0 Å². The molecule has 0 aliphatic heterocycles. The van der Waals surface area contributed by atoms with Crippen molar-refractivity contribution >= 4 is 21.8 Å². The minimum atomic E-state index is 0.898. The van der Waals surface area contributed by atoms with E-state index in [9.17, 15) is 0 Å². The fourth-order valence-electron chi connectivity index (χ4n) is 4.74. The van der Waals surface area contributed by atoms with Gasteiger partial charge in [0.05, 0.1) is 11.0 Å². The summed E-state index contributed by atoms with van der Waals surface area (Å²) in [6.45, 7) is 0. The van der Waals surface area contributed by atoms with Gasteiger partial charge in [-0.2, -0.15) is 0 Å². The summed E-state index contributed by atoms with van der Waals surface area (Å²) in [6.07, 6.45) is 0.898. The van der Waals surface area contributed by atoms with Gasteiger partial charge in [-0.15, -0.1) is 0 Å². The maximum Gasteiger partial charge on any atom is 0.0576 e. The Hall–Kier alpha value is -4.10. The van der Waals surface area contributed by atoms with Gasteiger partial charge in [0.1, 0.15) is 0 Å². The second-order valence-electron chi connectivity index (χ2n) is 8.24. The predicted octanol–water partition coefficient (Wildman–Crippen LogP) is 8.04. The standard InChI is InChI=1S/C31H23N/c1-3-10-24(11-4-1)25-20-18-23(19-21-25)22-26-12-9-16-29-28-15-7-8-17-30(28)32(31(26)29)27-13-5-2-6-14-27/h1-21H,22H2. The molecule has 1 aromatic heterocycles. The van der Waals surface area contributed by atoms with Gasteiger partial charge >= 0.3 is 0 Å². The first-order chi connectivity index (χ1) is 15.9. The molecule has 6 rings (SSSR count). The molecule has 0 saturated heterocycles. The van der Waals surface area contributed by atoms with Crippen LogP contribution in [0.4, 0.5) is 0 Å². The van der Waals surface area contributed by atoms with Crippen molar-refractivity contribution in [3.05, 3.63) is 139 Å². The average molecular weight is 410 g/mol. The number of para-hydroxylation sites is 3. The summed E-state index contributed by atoms with van der Waals surface area (Å²) in [5, 5.41) is 2.61. The number of fused-ring (bicyclic) bond motifs is 3. The first-order valence-corrected chi connectivity index (χ1v) is 11.1. The molecular formula is C31H23N. The molecule has 6 aromatic rings. The minimum absolute atomic E-state index is 0.898. The molecule has 0 aliphatic rings. The number of hydrogen-bond donors (Lipinski definition) is 0. The van der Waals surface area contributed by atoms with Crippen molar-refractivity contribution in [2.45, 2.75) is 6.42 Å². The summed E-state index contributed by atoms with van der Waals surface area (Å²) in [4.78, 5) is 0. The van der Waals surface area contributed by atoms with Crippen LogP contribution in [-0.4, -0.2) is 4.57 Å². The Labute approximate surface area is 188 Å². The van der Waals surface area contributed by atoms with Crippen LogP contribution in [0, 0.1) is 0 Å². The molecule has 0 amide bonds. The molecule has 152 valence electrons. The molecule has 0 radical (unpaired) electrons. The fourth-order valence-corrected chi connectivity index (χ4v) is 4.74. The third-order valence-electron chi connectivity index (χ3n) is 6.25.